The number of rotatable bonds is 13. The smallest absolute Gasteiger partial charge is 0.326 e. The third-order valence-corrected chi connectivity index (χ3v) is 7.24. The van der Waals surface area contributed by atoms with Crippen LogP contribution in [0.1, 0.15) is 46.3 Å². The number of methoxy groups -OCH3 is 1. The van der Waals surface area contributed by atoms with E-state index in [1.165, 1.54) is 7.11 Å². The molecular formula is C38H38N2O7. The Balaban J connectivity index is 0.000000762. The number of benzene rings is 4. The lowest BCUT2D eigenvalue weighted by Crippen LogP contribution is -2.32. The molecule has 5 rings (SSSR count). The number of aromatic nitrogens is 1. The molecule has 0 saturated carbocycles. The molecule has 0 fully saturated rings. The van der Waals surface area contributed by atoms with Crippen LogP contribution in [0.5, 0.6) is 5.75 Å². The van der Waals surface area contributed by atoms with Gasteiger partial charge in [0.2, 0.25) is 5.89 Å². The zero-order valence-electron chi connectivity index (χ0n) is 26.6. The molecule has 0 saturated heterocycles. The second-order valence-electron chi connectivity index (χ2n) is 10.5. The number of para-hydroxylation sites is 1. The highest BCUT2D eigenvalue weighted by atomic mass is 16.5. The van der Waals surface area contributed by atoms with Crippen LogP contribution in [0.3, 0.4) is 0 Å². The highest BCUT2D eigenvalue weighted by molar-refractivity contribution is 6.12. The summed E-state index contributed by atoms with van der Waals surface area (Å²) in [5.41, 5.74) is 4.04. The summed E-state index contributed by atoms with van der Waals surface area (Å²) in [7, 11) is 1.38. The van der Waals surface area contributed by atoms with E-state index in [0.717, 1.165) is 22.6 Å². The fourth-order valence-corrected chi connectivity index (χ4v) is 4.67. The van der Waals surface area contributed by atoms with Gasteiger partial charge >= 0.3 is 11.9 Å². The lowest BCUT2D eigenvalue weighted by Gasteiger charge is -2.18. The molecule has 0 radical (unpaired) electrons. The maximum Gasteiger partial charge on any atom is 0.326 e. The topological polar surface area (TPSA) is 128 Å². The van der Waals surface area contributed by atoms with Crippen LogP contribution in [0.4, 0.5) is 5.69 Å². The number of ether oxygens (including phenoxy) is 2. The Bertz CT molecular complexity index is 1740. The molecule has 0 aliphatic rings. The van der Waals surface area contributed by atoms with E-state index < -0.39 is 12.0 Å². The largest absolute Gasteiger partial charge is 0.493 e. The third-order valence-electron chi connectivity index (χ3n) is 7.24. The second kappa shape index (κ2) is 17.1. The molecular weight excluding hydrogens is 596 g/mol. The van der Waals surface area contributed by atoms with Gasteiger partial charge in [-0.2, -0.15) is 0 Å². The summed E-state index contributed by atoms with van der Waals surface area (Å²) in [6.45, 7) is 4.07. The first kappa shape index (κ1) is 34.2. The predicted octanol–water partition coefficient (Wildman–Crippen LogP) is 7.18. The molecule has 0 spiro atoms. The number of hydrogen-bond donors (Lipinski definition) is 2. The van der Waals surface area contributed by atoms with E-state index >= 15 is 0 Å². The highest BCUT2D eigenvalue weighted by Gasteiger charge is 2.21. The van der Waals surface area contributed by atoms with Crippen molar-refractivity contribution >= 4 is 23.4 Å². The van der Waals surface area contributed by atoms with E-state index in [4.69, 9.17) is 9.15 Å². The Labute approximate surface area is 274 Å². The molecule has 1 atom stereocenters. The molecule has 0 aliphatic heterocycles. The van der Waals surface area contributed by atoms with Crippen molar-refractivity contribution in [3.63, 3.8) is 0 Å². The van der Waals surface area contributed by atoms with Crippen molar-refractivity contribution in [3.05, 3.63) is 137 Å². The van der Waals surface area contributed by atoms with Gasteiger partial charge in [-0.05, 0) is 48.9 Å². The average Bonchev–Trinajstić information content (AvgIpc) is 3.49. The van der Waals surface area contributed by atoms with E-state index in [1.807, 2.05) is 67.6 Å². The monoisotopic (exact) mass is 634 g/mol. The van der Waals surface area contributed by atoms with E-state index in [0.29, 0.717) is 47.9 Å². The molecule has 0 aliphatic carbocycles. The molecule has 9 heteroatoms. The number of aliphatic carboxylic acids is 1. The van der Waals surface area contributed by atoms with Gasteiger partial charge in [0.15, 0.2) is 5.78 Å². The van der Waals surface area contributed by atoms with Crippen molar-refractivity contribution in [1.29, 1.82) is 0 Å². The minimum Gasteiger partial charge on any atom is -0.493 e. The van der Waals surface area contributed by atoms with Crippen molar-refractivity contribution in [2.24, 2.45) is 0 Å². The molecule has 1 unspecified atom stereocenters. The molecule has 0 bridgehead atoms. The summed E-state index contributed by atoms with van der Waals surface area (Å²) in [6.07, 6.45) is 1.29. The Morgan fingerprint density at radius 2 is 1.51 bits per heavy atom. The highest BCUT2D eigenvalue weighted by Crippen LogP contribution is 2.23. The number of esters is 1. The fraction of sp³-hybridized carbons (Fsp3) is 0.211. The van der Waals surface area contributed by atoms with Gasteiger partial charge in [0.05, 0.1) is 19.4 Å². The van der Waals surface area contributed by atoms with Crippen LogP contribution >= 0.6 is 0 Å². The minimum absolute atomic E-state index is 0.157. The molecule has 2 N–H and O–H groups in total. The van der Waals surface area contributed by atoms with Gasteiger partial charge in [0, 0.05) is 41.6 Å². The molecule has 47 heavy (non-hydrogen) atoms. The standard InChI is InChI=1S/C34H30N2O5.C4H8O2/c1-23-29(36-33(41-23)26-12-6-3-7-13-26)20-21-40-27-18-16-24(17-19-27)22-31(34(38)39)35-30-15-9-8-14-28(30)32(37)25-10-4-2-5-11-25;1-3-4(5)6-2/h2-19,31,35H,20-22H2,1H3,(H,38,39);3H2,1-2H3. The molecule has 9 nitrogen and oxygen atoms in total. The van der Waals surface area contributed by atoms with Gasteiger partial charge in [-0.15, -0.1) is 0 Å². The maximum absolute atomic E-state index is 13.1. The normalized spacial score (nSPS) is 11.0. The number of aryl methyl sites for hydroxylation is 1. The van der Waals surface area contributed by atoms with Crippen molar-refractivity contribution in [2.75, 3.05) is 19.0 Å². The Morgan fingerprint density at radius 3 is 2.13 bits per heavy atom. The number of anilines is 1. The van der Waals surface area contributed by atoms with E-state index in [9.17, 15) is 19.5 Å². The van der Waals surface area contributed by atoms with Crippen LogP contribution in [0, 0.1) is 6.92 Å². The maximum atomic E-state index is 13.1. The Kier molecular flexibility index (Phi) is 12.4. The van der Waals surface area contributed by atoms with Crippen LogP contribution in [-0.2, 0) is 27.2 Å². The first-order chi connectivity index (χ1) is 22.8. The molecule has 1 heterocycles. The van der Waals surface area contributed by atoms with E-state index in [2.05, 4.69) is 15.0 Å². The van der Waals surface area contributed by atoms with Gasteiger partial charge < -0.3 is 24.3 Å². The van der Waals surface area contributed by atoms with Crippen LogP contribution in [0.2, 0.25) is 0 Å². The summed E-state index contributed by atoms with van der Waals surface area (Å²) >= 11 is 0. The first-order valence-electron chi connectivity index (χ1n) is 15.3. The van der Waals surface area contributed by atoms with Gasteiger partial charge in [0.1, 0.15) is 17.6 Å². The van der Waals surface area contributed by atoms with Crippen LogP contribution in [0.15, 0.2) is 114 Å². The summed E-state index contributed by atoms with van der Waals surface area (Å²) < 4.78 is 16.0. The zero-order valence-corrected chi connectivity index (χ0v) is 26.6. The molecule has 5 aromatic rings. The average molecular weight is 635 g/mol. The summed E-state index contributed by atoms with van der Waals surface area (Å²) in [5.74, 6) is 0.701. The summed E-state index contributed by atoms with van der Waals surface area (Å²) in [6, 6.07) is 32.1. The van der Waals surface area contributed by atoms with Crippen molar-refractivity contribution in [3.8, 4) is 17.2 Å². The molecule has 0 amide bonds. The van der Waals surface area contributed by atoms with Crippen molar-refractivity contribution in [2.45, 2.75) is 39.2 Å². The van der Waals surface area contributed by atoms with Crippen LogP contribution in [-0.4, -0.2) is 47.6 Å². The van der Waals surface area contributed by atoms with Gasteiger partial charge in [0.25, 0.3) is 0 Å². The van der Waals surface area contributed by atoms with E-state index in [1.54, 1.807) is 55.5 Å². The number of oxazole rings is 1. The van der Waals surface area contributed by atoms with Crippen molar-refractivity contribution in [1.82, 2.24) is 4.98 Å². The van der Waals surface area contributed by atoms with Gasteiger partial charge in [-0.1, -0.05) is 79.7 Å². The van der Waals surface area contributed by atoms with Gasteiger partial charge in [-0.3, -0.25) is 9.59 Å². The lowest BCUT2D eigenvalue weighted by atomic mass is 10.00. The number of carboxylic acid groups (broad SMARTS) is 1. The number of carboxylic acids is 1. The van der Waals surface area contributed by atoms with Crippen LogP contribution < -0.4 is 10.1 Å². The molecule has 1 aromatic heterocycles. The number of ketones is 1. The Hall–Kier alpha value is -5.70. The molecule has 4 aromatic carbocycles. The van der Waals surface area contributed by atoms with E-state index in [-0.39, 0.29) is 18.2 Å². The fourth-order valence-electron chi connectivity index (χ4n) is 4.67. The predicted molar refractivity (Wildman–Crippen MR) is 180 cm³/mol. The number of nitrogens with zero attached hydrogens (tertiary/aromatic N) is 1. The quantitative estimate of drug-likeness (QED) is 0.102. The number of hydrogen-bond acceptors (Lipinski definition) is 8. The van der Waals surface area contributed by atoms with Gasteiger partial charge in [-0.25, -0.2) is 9.78 Å². The second-order valence-corrected chi connectivity index (χ2v) is 10.5. The Morgan fingerprint density at radius 1 is 0.872 bits per heavy atom. The third kappa shape index (κ3) is 9.89. The minimum atomic E-state index is -1.01. The number of nitrogens with one attached hydrogen (secondary N) is 1. The SMILES string of the molecule is CCC(=O)OC.Cc1oc(-c2ccccc2)nc1CCOc1ccc(CC(Nc2ccccc2C(=O)c2ccccc2)C(=O)O)cc1. The summed E-state index contributed by atoms with van der Waals surface area (Å²) in [4.78, 5) is 39.8. The first-order valence-corrected chi connectivity index (χ1v) is 15.3. The zero-order chi connectivity index (χ0) is 33.6. The molecule has 242 valence electrons. The van der Waals surface area contributed by atoms with Crippen LogP contribution in [0.25, 0.3) is 11.5 Å². The van der Waals surface area contributed by atoms with Crippen molar-refractivity contribution < 1.29 is 33.4 Å². The number of carbonyl (C=O) groups excluding carboxylic acids is 2. The summed E-state index contributed by atoms with van der Waals surface area (Å²) in [5, 5.41) is 13.0. The lowest BCUT2D eigenvalue weighted by molar-refractivity contribution is -0.140. The number of carbonyl (C=O) groups is 3.